The highest BCUT2D eigenvalue weighted by Gasteiger charge is 2.41. The molecule has 4 rings (SSSR count). The summed E-state index contributed by atoms with van der Waals surface area (Å²) in [5.41, 5.74) is 0.0837. The van der Waals surface area contributed by atoms with Crippen molar-refractivity contribution in [1.82, 2.24) is 13.9 Å². The first-order valence-electron chi connectivity index (χ1n) is 9.71. The number of rotatable bonds is 5. The zero-order valence-electron chi connectivity index (χ0n) is 16.9. The van der Waals surface area contributed by atoms with Crippen molar-refractivity contribution >= 4 is 15.7 Å². The van der Waals surface area contributed by atoms with E-state index in [0.717, 1.165) is 12.1 Å². The van der Waals surface area contributed by atoms with E-state index < -0.39 is 39.5 Å². The predicted molar refractivity (Wildman–Crippen MR) is 110 cm³/mol. The van der Waals surface area contributed by atoms with Gasteiger partial charge in [0.05, 0.1) is 11.9 Å². The molecular formula is C21H20F4N4O2S. The summed E-state index contributed by atoms with van der Waals surface area (Å²) >= 11 is 0. The van der Waals surface area contributed by atoms with E-state index >= 15 is 0 Å². The van der Waals surface area contributed by atoms with E-state index in [2.05, 4.69) is 10.3 Å². The molecule has 0 unspecified atom stereocenters. The molecule has 0 amide bonds. The van der Waals surface area contributed by atoms with E-state index in [4.69, 9.17) is 0 Å². The molecule has 2 heterocycles. The quantitative estimate of drug-likeness (QED) is 0.578. The SMILES string of the molecule is Cn1cnc(S(=O)(=O)N2C[C@H](Nc3cccc(C(F)(F)F)c3)[C@@H](c3ccc(F)cc3)C2)c1. The lowest BCUT2D eigenvalue weighted by Crippen LogP contribution is -2.32. The van der Waals surface area contributed by atoms with E-state index in [0.29, 0.717) is 5.56 Å². The van der Waals surface area contributed by atoms with Crippen molar-refractivity contribution in [2.75, 3.05) is 18.4 Å². The Hall–Kier alpha value is -2.92. The highest BCUT2D eigenvalue weighted by atomic mass is 32.2. The molecule has 6 nitrogen and oxygen atoms in total. The van der Waals surface area contributed by atoms with Gasteiger partial charge in [0, 0.05) is 44.0 Å². The Labute approximate surface area is 182 Å². The van der Waals surface area contributed by atoms with Crippen LogP contribution in [0.25, 0.3) is 0 Å². The van der Waals surface area contributed by atoms with Crippen LogP contribution in [0, 0.1) is 5.82 Å². The summed E-state index contributed by atoms with van der Waals surface area (Å²) in [5, 5.41) is 2.94. The van der Waals surface area contributed by atoms with Crippen molar-refractivity contribution in [1.29, 1.82) is 0 Å². The predicted octanol–water partition coefficient (Wildman–Crippen LogP) is 3.85. The molecule has 1 N–H and O–H groups in total. The van der Waals surface area contributed by atoms with Crippen LogP contribution in [0.15, 0.2) is 66.1 Å². The zero-order chi connectivity index (χ0) is 23.1. The standard InChI is InChI=1S/C21H20F4N4O2S/c1-28-12-20(26-13-28)32(30,31)29-10-18(14-5-7-16(22)8-6-14)19(11-29)27-17-4-2-3-15(9-17)21(23,24)25/h2-9,12-13,18-19,27H,10-11H2,1H3/t18-,19+/m1/s1. The van der Waals surface area contributed by atoms with E-state index in [1.807, 2.05) is 0 Å². The van der Waals surface area contributed by atoms with Crippen LogP contribution >= 0.6 is 0 Å². The fourth-order valence-electron chi connectivity index (χ4n) is 3.81. The van der Waals surface area contributed by atoms with Gasteiger partial charge in [-0.15, -0.1) is 0 Å². The van der Waals surface area contributed by atoms with Gasteiger partial charge in [-0.1, -0.05) is 18.2 Å². The first-order chi connectivity index (χ1) is 15.0. The molecule has 1 fully saturated rings. The number of benzene rings is 2. The Bertz CT molecular complexity index is 1210. The molecule has 0 spiro atoms. The molecule has 170 valence electrons. The molecule has 3 aromatic rings. The first-order valence-corrected chi connectivity index (χ1v) is 11.2. The Morgan fingerprint density at radius 2 is 1.81 bits per heavy atom. The second kappa shape index (κ2) is 8.21. The lowest BCUT2D eigenvalue weighted by molar-refractivity contribution is -0.137. The van der Waals surface area contributed by atoms with E-state index in [-0.39, 0.29) is 23.8 Å². The molecule has 0 radical (unpaired) electrons. The van der Waals surface area contributed by atoms with Gasteiger partial charge in [-0.2, -0.15) is 17.5 Å². The van der Waals surface area contributed by atoms with Crippen molar-refractivity contribution in [2.45, 2.75) is 23.2 Å². The average molecular weight is 468 g/mol. The lowest BCUT2D eigenvalue weighted by atomic mass is 9.94. The van der Waals surface area contributed by atoms with Crippen LogP contribution in [0.5, 0.6) is 0 Å². The molecule has 32 heavy (non-hydrogen) atoms. The number of aryl methyl sites for hydroxylation is 1. The summed E-state index contributed by atoms with van der Waals surface area (Å²) in [7, 11) is -2.27. The minimum atomic E-state index is -4.50. The number of alkyl halides is 3. The molecule has 2 aromatic carbocycles. The number of nitrogens with zero attached hydrogens (tertiary/aromatic N) is 3. The zero-order valence-corrected chi connectivity index (χ0v) is 17.7. The fraction of sp³-hybridized carbons (Fsp3) is 0.286. The third kappa shape index (κ3) is 4.49. The normalized spacial score (nSPS) is 19.9. The third-order valence-corrected chi connectivity index (χ3v) is 7.13. The van der Waals surface area contributed by atoms with E-state index in [1.165, 1.54) is 45.7 Å². The second-order valence-electron chi connectivity index (χ2n) is 7.69. The van der Waals surface area contributed by atoms with Crippen LogP contribution in [0.1, 0.15) is 17.0 Å². The number of sulfonamides is 1. The van der Waals surface area contributed by atoms with Crippen molar-refractivity contribution in [3.63, 3.8) is 0 Å². The number of halogens is 4. The number of nitrogens with one attached hydrogen (secondary N) is 1. The minimum absolute atomic E-state index is 0.0111. The van der Waals surface area contributed by atoms with Gasteiger partial charge < -0.3 is 9.88 Å². The molecule has 1 aliphatic heterocycles. The topological polar surface area (TPSA) is 67.2 Å². The highest BCUT2D eigenvalue weighted by Crippen LogP contribution is 2.35. The van der Waals surface area contributed by atoms with Crippen LogP contribution in [0.2, 0.25) is 0 Å². The largest absolute Gasteiger partial charge is 0.416 e. The molecule has 1 aromatic heterocycles. The van der Waals surface area contributed by atoms with Crippen LogP contribution < -0.4 is 5.32 Å². The highest BCUT2D eigenvalue weighted by molar-refractivity contribution is 7.89. The number of anilines is 1. The van der Waals surface area contributed by atoms with Crippen molar-refractivity contribution < 1.29 is 26.0 Å². The molecule has 1 saturated heterocycles. The summed E-state index contributed by atoms with van der Waals surface area (Å²) in [6.07, 6.45) is -1.74. The number of hydrogen-bond acceptors (Lipinski definition) is 4. The third-order valence-electron chi connectivity index (χ3n) is 5.41. The number of hydrogen-bond donors (Lipinski definition) is 1. The monoisotopic (exact) mass is 468 g/mol. The van der Waals surface area contributed by atoms with Crippen LogP contribution in [-0.4, -0.2) is 41.4 Å². The van der Waals surface area contributed by atoms with Gasteiger partial charge in [0.2, 0.25) is 0 Å². The molecule has 0 aliphatic carbocycles. The number of aromatic nitrogens is 2. The molecule has 11 heteroatoms. The minimum Gasteiger partial charge on any atom is -0.380 e. The average Bonchev–Trinajstić information content (AvgIpc) is 3.36. The molecule has 0 bridgehead atoms. The van der Waals surface area contributed by atoms with Crippen LogP contribution in [0.3, 0.4) is 0 Å². The smallest absolute Gasteiger partial charge is 0.380 e. The van der Waals surface area contributed by atoms with Gasteiger partial charge in [-0.25, -0.2) is 17.8 Å². The molecular weight excluding hydrogens is 448 g/mol. The Morgan fingerprint density at radius 3 is 2.44 bits per heavy atom. The van der Waals surface area contributed by atoms with Crippen molar-refractivity contribution in [2.24, 2.45) is 7.05 Å². The number of imidazole rings is 1. The van der Waals surface area contributed by atoms with Gasteiger partial charge >= 0.3 is 6.18 Å². The summed E-state index contributed by atoms with van der Waals surface area (Å²) in [6, 6.07) is 9.84. The summed E-state index contributed by atoms with van der Waals surface area (Å²) in [5.74, 6) is -0.851. The maximum atomic E-state index is 13.4. The lowest BCUT2D eigenvalue weighted by Gasteiger charge is -2.22. The van der Waals surface area contributed by atoms with Gasteiger partial charge in [0.25, 0.3) is 10.0 Å². The van der Waals surface area contributed by atoms with Crippen LogP contribution in [-0.2, 0) is 23.2 Å². The summed E-state index contributed by atoms with van der Waals surface area (Å²) in [4.78, 5) is 3.93. The Kier molecular flexibility index (Phi) is 5.72. The fourth-order valence-corrected chi connectivity index (χ4v) is 5.27. The van der Waals surface area contributed by atoms with Crippen molar-refractivity contribution in [3.8, 4) is 0 Å². The molecule has 0 saturated carbocycles. The summed E-state index contributed by atoms with van der Waals surface area (Å²) in [6.45, 7) is 0.0817. The summed E-state index contributed by atoms with van der Waals surface area (Å²) < 4.78 is 81.7. The molecule has 1 aliphatic rings. The van der Waals surface area contributed by atoms with E-state index in [9.17, 15) is 26.0 Å². The maximum Gasteiger partial charge on any atom is 0.416 e. The van der Waals surface area contributed by atoms with Crippen molar-refractivity contribution in [3.05, 3.63) is 78.0 Å². The second-order valence-corrected chi connectivity index (χ2v) is 9.57. The first kappa shape index (κ1) is 22.3. The van der Waals surface area contributed by atoms with Gasteiger partial charge in [0.15, 0.2) is 5.03 Å². The Balaban J connectivity index is 1.66. The van der Waals surface area contributed by atoms with Gasteiger partial charge in [0.1, 0.15) is 5.82 Å². The molecule has 2 atom stereocenters. The Morgan fingerprint density at radius 1 is 1.09 bits per heavy atom. The van der Waals surface area contributed by atoms with Crippen LogP contribution in [0.4, 0.5) is 23.2 Å². The maximum absolute atomic E-state index is 13.4. The van der Waals surface area contributed by atoms with E-state index in [1.54, 1.807) is 19.2 Å². The van der Waals surface area contributed by atoms with Gasteiger partial charge in [-0.05, 0) is 35.9 Å². The van der Waals surface area contributed by atoms with Gasteiger partial charge in [-0.3, -0.25) is 0 Å².